The van der Waals surface area contributed by atoms with Gasteiger partial charge in [-0.15, -0.1) is 0 Å². The Bertz CT molecular complexity index is 1460. The van der Waals surface area contributed by atoms with E-state index in [0.29, 0.717) is 41.1 Å². The van der Waals surface area contributed by atoms with E-state index in [1.54, 1.807) is 24.1 Å². The molecular weight excluding hydrogens is 478 g/mol. The molecule has 4 rings (SSSR count). The summed E-state index contributed by atoms with van der Waals surface area (Å²) in [6.45, 7) is 2.91. The first-order chi connectivity index (χ1) is 18.3. The monoisotopic (exact) mass is 511 g/mol. The molecule has 0 saturated carbocycles. The number of fused-ring (bicyclic) bond motifs is 1. The Kier molecular flexibility index (Phi) is 8.23. The predicted molar refractivity (Wildman–Crippen MR) is 153 cm³/mol. The van der Waals surface area contributed by atoms with Crippen LogP contribution in [0.3, 0.4) is 0 Å². The summed E-state index contributed by atoms with van der Waals surface area (Å²) in [5.74, 6) is -0.197. The standard InChI is InChI=1S/C30H33N5O3/c1-5-17-31-29(37)21-11-16-24-25(18-21)33-30(38)27(24)28(20-9-7-6-8-10-20)32-22-12-14-23(15-13-22)35(4)26(36)19-34(2)3/h6-16,18,33,38H,5,17,19H2,1-4H3,(H,31,37). The quantitative estimate of drug-likeness (QED) is 0.283. The summed E-state index contributed by atoms with van der Waals surface area (Å²) in [6.07, 6.45) is 0.849. The summed E-state index contributed by atoms with van der Waals surface area (Å²) in [6, 6.07) is 22.3. The molecule has 0 spiro atoms. The van der Waals surface area contributed by atoms with Gasteiger partial charge in [-0.25, -0.2) is 4.99 Å². The second-order valence-corrected chi connectivity index (χ2v) is 9.40. The van der Waals surface area contributed by atoms with Gasteiger partial charge in [-0.1, -0.05) is 43.3 Å². The minimum atomic E-state index is -0.157. The van der Waals surface area contributed by atoms with Crippen LogP contribution < -0.4 is 10.2 Å². The van der Waals surface area contributed by atoms with Crippen molar-refractivity contribution in [3.63, 3.8) is 0 Å². The Morgan fingerprint density at radius 2 is 1.66 bits per heavy atom. The van der Waals surface area contributed by atoms with Crippen LogP contribution in [0.2, 0.25) is 0 Å². The lowest BCUT2D eigenvalue weighted by atomic mass is 10.00. The Balaban J connectivity index is 1.74. The molecule has 38 heavy (non-hydrogen) atoms. The zero-order valence-electron chi connectivity index (χ0n) is 22.2. The summed E-state index contributed by atoms with van der Waals surface area (Å²) >= 11 is 0. The molecule has 0 bridgehead atoms. The average molecular weight is 512 g/mol. The molecule has 4 aromatic rings. The Labute approximate surface area is 222 Å². The van der Waals surface area contributed by atoms with Gasteiger partial charge in [0.15, 0.2) is 5.88 Å². The molecule has 3 N–H and O–H groups in total. The van der Waals surface area contributed by atoms with Gasteiger partial charge in [-0.3, -0.25) is 9.59 Å². The van der Waals surface area contributed by atoms with Gasteiger partial charge in [0.1, 0.15) is 0 Å². The van der Waals surface area contributed by atoms with Crippen LogP contribution in [0.1, 0.15) is 34.8 Å². The van der Waals surface area contributed by atoms with Crippen LogP contribution in [-0.2, 0) is 4.79 Å². The number of amides is 2. The van der Waals surface area contributed by atoms with Gasteiger partial charge in [-0.05, 0) is 56.9 Å². The third kappa shape index (κ3) is 5.92. The summed E-state index contributed by atoms with van der Waals surface area (Å²) in [5, 5.41) is 14.6. The number of aromatic amines is 1. The lowest BCUT2D eigenvalue weighted by Gasteiger charge is -2.19. The molecule has 8 nitrogen and oxygen atoms in total. The van der Waals surface area contributed by atoms with E-state index in [1.807, 2.05) is 86.6 Å². The van der Waals surface area contributed by atoms with Crippen LogP contribution in [0.25, 0.3) is 10.9 Å². The minimum absolute atomic E-state index is 0.0114. The number of benzene rings is 3. The maximum atomic E-state index is 12.5. The topological polar surface area (TPSA) is 101 Å². The van der Waals surface area contributed by atoms with Crippen LogP contribution in [0.4, 0.5) is 11.4 Å². The zero-order valence-corrected chi connectivity index (χ0v) is 22.2. The fourth-order valence-electron chi connectivity index (χ4n) is 4.17. The summed E-state index contributed by atoms with van der Waals surface area (Å²) < 4.78 is 0. The number of H-pyrrole nitrogens is 1. The molecule has 1 aromatic heterocycles. The van der Waals surface area contributed by atoms with E-state index in [-0.39, 0.29) is 17.7 Å². The van der Waals surface area contributed by atoms with Gasteiger partial charge < -0.3 is 25.2 Å². The number of aromatic hydroxyl groups is 1. The molecule has 196 valence electrons. The zero-order chi connectivity index (χ0) is 27.2. The number of nitrogens with one attached hydrogen (secondary N) is 2. The highest BCUT2D eigenvalue weighted by atomic mass is 16.3. The molecule has 2 amide bonds. The number of carbonyl (C=O) groups excluding carboxylic acids is 2. The van der Waals surface area contributed by atoms with Gasteiger partial charge >= 0.3 is 0 Å². The minimum Gasteiger partial charge on any atom is -0.494 e. The lowest BCUT2D eigenvalue weighted by molar-refractivity contribution is -0.118. The molecule has 1 heterocycles. The molecule has 0 aliphatic rings. The Hall–Kier alpha value is -4.43. The molecule has 0 saturated heterocycles. The average Bonchev–Trinajstić information content (AvgIpc) is 3.25. The van der Waals surface area contributed by atoms with Crippen molar-refractivity contribution < 1.29 is 14.7 Å². The molecule has 0 fully saturated rings. The smallest absolute Gasteiger partial charge is 0.251 e. The number of hydrogen-bond donors (Lipinski definition) is 3. The van der Waals surface area contributed by atoms with Gasteiger partial charge in [0.05, 0.1) is 23.5 Å². The van der Waals surface area contributed by atoms with Gasteiger partial charge in [-0.2, -0.15) is 0 Å². The summed E-state index contributed by atoms with van der Waals surface area (Å²) in [7, 11) is 5.47. The molecule has 0 aliphatic carbocycles. The van der Waals surface area contributed by atoms with Crippen molar-refractivity contribution in [2.24, 2.45) is 4.99 Å². The van der Waals surface area contributed by atoms with Gasteiger partial charge in [0, 0.05) is 41.3 Å². The van der Waals surface area contributed by atoms with E-state index in [1.165, 1.54) is 0 Å². The van der Waals surface area contributed by atoms with Crippen LogP contribution >= 0.6 is 0 Å². The fourth-order valence-corrected chi connectivity index (χ4v) is 4.17. The fraction of sp³-hybridized carbons (Fsp3) is 0.233. The van der Waals surface area contributed by atoms with Crippen molar-refractivity contribution in [1.29, 1.82) is 0 Å². The number of hydrogen-bond acceptors (Lipinski definition) is 5. The maximum absolute atomic E-state index is 12.5. The first-order valence-electron chi connectivity index (χ1n) is 12.6. The number of rotatable bonds is 9. The van der Waals surface area contributed by atoms with E-state index in [2.05, 4.69) is 10.3 Å². The van der Waals surface area contributed by atoms with E-state index < -0.39 is 0 Å². The van der Waals surface area contributed by atoms with Gasteiger partial charge in [0.2, 0.25) is 5.91 Å². The second kappa shape index (κ2) is 11.7. The number of nitrogens with zero attached hydrogens (tertiary/aromatic N) is 3. The molecular formula is C30H33N5O3. The molecule has 0 atom stereocenters. The van der Waals surface area contributed by atoms with Crippen molar-refractivity contribution in [1.82, 2.24) is 15.2 Å². The van der Waals surface area contributed by atoms with Crippen molar-refractivity contribution in [3.05, 3.63) is 89.5 Å². The summed E-state index contributed by atoms with van der Waals surface area (Å²) in [4.78, 5) is 36.3. The first-order valence-corrected chi connectivity index (χ1v) is 12.6. The highest BCUT2D eigenvalue weighted by molar-refractivity contribution is 6.22. The van der Waals surface area contributed by atoms with Crippen molar-refractivity contribution in [2.75, 3.05) is 39.1 Å². The molecule has 3 aromatic carbocycles. The van der Waals surface area contributed by atoms with E-state index >= 15 is 0 Å². The Morgan fingerprint density at radius 1 is 0.947 bits per heavy atom. The third-order valence-corrected chi connectivity index (χ3v) is 6.16. The van der Waals surface area contributed by atoms with Crippen molar-refractivity contribution in [3.8, 4) is 5.88 Å². The largest absolute Gasteiger partial charge is 0.494 e. The van der Waals surface area contributed by atoms with Crippen LogP contribution in [0, 0.1) is 0 Å². The number of carbonyl (C=O) groups is 2. The van der Waals surface area contributed by atoms with E-state index in [4.69, 9.17) is 4.99 Å². The van der Waals surface area contributed by atoms with E-state index in [9.17, 15) is 14.7 Å². The van der Waals surface area contributed by atoms with Crippen molar-refractivity contribution in [2.45, 2.75) is 13.3 Å². The maximum Gasteiger partial charge on any atom is 0.251 e. The second-order valence-electron chi connectivity index (χ2n) is 9.40. The molecule has 0 unspecified atom stereocenters. The number of aliphatic imine (C=N–C) groups is 1. The first kappa shape index (κ1) is 26.6. The predicted octanol–water partition coefficient (Wildman–Crippen LogP) is 4.71. The highest BCUT2D eigenvalue weighted by Gasteiger charge is 2.20. The highest BCUT2D eigenvalue weighted by Crippen LogP contribution is 2.32. The Morgan fingerprint density at radius 3 is 2.32 bits per heavy atom. The number of aromatic nitrogens is 1. The number of likely N-dealkylation sites (N-methyl/N-ethyl adjacent to an activating group) is 2. The van der Waals surface area contributed by atoms with Crippen molar-refractivity contribution >= 4 is 39.8 Å². The van der Waals surface area contributed by atoms with E-state index in [0.717, 1.165) is 23.1 Å². The number of anilines is 1. The SMILES string of the molecule is CCCNC(=O)c1ccc2c(C(=Nc3ccc(N(C)C(=O)CN(C)C)cc3)c3ccccc3)c(O)[nH]c2c1. The van der Waals surface area contributed by atoms with Crippen LogP contribution in [0.5, 0.6) is 5.88 Å². The normalized spacial score (nSPS) is 11.7. The molecule has 8 heteroatoms. The van der Waals surface area contributed by atoms with Crippen LogP contribution in [0.15, 0.2) is 77.8 Å². The van der Waals surface area contributed by atoms with Gasteiger partial charge in [0.25, 0.3) is 5.91 Å². The summed E-state index contributed by atoms with van der Waals surface area (Å²) in [5.41, 5.74) is 4.56. The third-order valence-electron chi connectivity index (χ3n) is 6.16. The lowest BCUT2D eigenvalue weighted by Crippen LogP contribution is -2.34. The molecule has 0 aliphatic heterocycles. The molecule has 0 radical (unpaired) electrons. The van der Waals surface area contributed by atoms with Crippen LogP contribution in [-0.4, -0.2) is 66.7 Å².